The molecule has 0 atom stereocenters. The molecule has 4 nitrogen and oxygen atoms in total. The van der Waals surface area contributed by atoms with Crippen LogP contribution in [0.2, 0.25) is 0 Å². The van der Waals surface area contributed by atoms with E-state index in [9.17, 15) is 5.11 Å². The molecule has 0 saturated heterocycles. The van der Waals surface area contributed by atoms with Crippen molar-refractivity contribution in [3.05, 3.63) is 40.1 Å². The van der Waals surface area contributed by atoms with Gasteiger partial charge in [0.25, 0.3) is 0 Å². The van der Waals surface area contributed by atoms with Crippen LogP contribution in [-0.4, -0.2) is 15.1 Å². The lowest BCUT2D eigenvalue weighted by Crippen LogP contribution is -2.03. The Labute approximate surface area is 111 Å². The summed E-state index contributed by atoms with van der Waals surface area (Å²) in [4.78, 5) is 8.60. The first kappa shape index (κ1) is 13.0. The Balaban J connectivity index is 2.02. The highest BCUT2D eigenvalue weighted by Crippen LogP contribution is 2.20. The minimum Gasteiger partial charge on any atom is -0.392 e. The van der Waals surface area contributed by atoms with Crippen molar-refractivity contribution in [2.45, 2.75) is 32.9 Å². The van der Waals surface area contributed by atoms with E-state index >= 15 is 0 Å². The Morgan fingerprint density at radius 1 is 1.44 bits per heavy atom. The maximum absolute atomic E-state index is 9.21. The number of aliphatic hydroxyl groups excluding tert-OH is 1. The minimum atomic E-state index is 0.0131. The third-order valence-electron chi connectivity index (χ3n) is 2.61. The monoisotopic (exact) mass is 263 g/mol. The Morgan fingerprint density at radius 2 is 2.28 bits per heavy atom. The number of hydrogen-bond acceptors (Lipinski definition) is 5. The molecule has 2 N–H and O–H groups in total. The Morgan fingerprint density at radius 3 is 2.94 bits per heavy atom. The minimum absolute atomic E-state index is 0.0131. The van der Waals surface area contributed by atoms with Crippen LogP contribution in [0.15, 0.2) is 23.8 Å². The number of rotatable bonds is 5. The maximum atomic E-state index is 9.21. The molecule has 0 fully saturated rings. The van der Waals surface area contributed by atoms with Crippen molar-refractivity contribution < 1.29 is 5.11 Å². The maximum Gasteiger partial charge on any atom is 0.0954 e. The Kier molecular flexibility index (Phi) is 4.28. The molecule has 2 rings (SSSR count). The van der Waals surface area contributed by atoms with Crippen molar-refractivity contribution in [3.63, 3.8) is 0 Å². The molecule has 0 aliphatic carbocycles. The topological polar surface area (TPSA) is 58.0 Å². The predicted octanol–water partition coefficient (Wildman–Crippen LogP) is 2.77. The van der Waals surface area contributed by atoms with Gasteiger partial charge in [-0.2, -0.15) is 0 Å². The van der Waals surface area contributed by atoms with Gasteiger partial charge < -0.3 is 10.4 Å². The van der Waals surface area contributed by atoms with Crippen LogP contribution >= 0.6 is 11.3 Å². The number of nitrogens with zero attached hydrogens (tertiary/aromatic N) is 2. The van der Waals surface area contributed by atoms with E-state index in [0.29, 0.717) is 12.5 Å². The summed E-state index contributed by atoms with van der Waals surface area (Å²) < 4.78 is 0. The predicted molar refractivity (Wildman–Crippen MR) is 73.7 cm³/mol. The number of nitrogens with one attached hydrogen (secondary N) is 1. The molecule has 2 aromatic rings. The largest absolute Gasteiger partial charge is 0.392 e. The normalized spacial score (nSPS) is 10.9. The summed E-state index contributed by atoms with van der Waals surface area (Å²) in [5.74, 6) is 0.468. The van der Waals surface area contributed by atoms with Crippen molar-refractivity contribution in [3.8, 4) is 0 Å². The van der Waals surface area contributed by atoms with Crippen LogP contribution in [0.3, 0.4) is 0 Å². The number of hydrogen-bond donors (Lipinski definition) is 2. The molecule has 5 heteroatoms. The number of aliphatic hydroxyl groups is 1. The van der Waals surface area contributed by atoms with Crippen LogP contribution in [0.25, 0.3) is 0 Å². The molecule has 0 bridgehead atoms. The molecular weight excluding hydrogens is 246 g/mol. The van der Waals surface area contributed by atoms with Crippen molar-refractivity contribution in [2.75, 3.05) is 5.32 Å². The third-order valence-corrected chi connectivity index (χ3v) is 3.80. The molecule has 0 aliphatic rings. The van der Waals surface area contributed by atoms with Crippen LogP contribution in [0.1, 0.15) is 36.0 Å². The summed E-state index contributed by atoms with van der Waals surface area (Å²) in [5, 5.41) is 15.7. The van der Waals surface area contributed by atoms with E-state index in [1.165, 1.54) is 0 Å². The van der Waals surface area contributed by atoms with Gasteiger partial charge in [-0.3, -0.25) is 4.98 Å². The summed E-state index contributed by atoms with van der Waals surface area (Å²) in [5.41, 5.74) is 2.74. The van der Waals surface area contributed by atoms with Crippen LogP contribution in [0.4, 0.5) is 5.69 Å². The SMILES string of the molecule is CC(C)c1nc(CNc2cnccc2CO)cs1. The van der Waals surface area contributed by atoms with E-state index in [1.807, 2.05) is 6.07 Å². The molecule has 0 aromatic carbocycles. The lowest BCUT2D eigenvalue weighted by atomic mass is 10.2. The van der Waals surface area contributed by atoms with Gasteiger partial charge in [0.1, 0.15) is 0 Å². The second-order valence-electron chi connectivity index (χ2n) is 4.38. The van der Waals surface area contributed by atoms with Crippen LogP contribution < -0.4 is 5.32 Å². The molecule has 0 aliphatic heterocycles. The van der Waals surface area contributed by atoms with Crippen molar-refractivity contribution in [1.29, 1.82) is 0 Å². The summed E-state index contributed by atoms with van der Waals surface area (Å²) in [7, 11) is 0. The van der Waals surface area contributed by atoms with Crippen molar-refractivity contribution in [1.82, 2.24) is 9.97 Å². The molecular formula is C13H17N3OS. The van der Waals surface area contributed by atoms with Gasteiger partial charge >= 0.3 is 0 Å². The highest BCUT2D eigenvalue weighted by atomic mass is 32.1. The molecule has 0 unspecified atom stereocenters. The average molecular weight is 263 g/mol. The van der Waals surface area contributed by atoms with E-state index < -0.39 is 0 Å². The van der Waals surface area contributed by atoms with Gasteiger partial charge in [0, 0.05) is 23.1 Å². The first-order valence-corrected chi connectivity index (χ1v) is 6.80. The number of thiazole rings is 1. The summed E-state index contributed by atoms with van der Waals surface area (Å²) in [6.07, 6.45) is 3.40. The molecule has 96 valence electrons. The first-order valence-electron chi connectivity index (χ1n) is 5.92. The zero-order valence-corrected chi connectivity index (χ0v) is 11.4. The molecule has 0 radical (unpaired) electrons. The first-order chi connectivity index (χ1) is 8.70. The van der Waals surface area contributed by atoms with E-state index in [0.717, 1.165) is 22.0 Å². The van der Waals surface area contributed by atoms with Gasteiger partial charge in [0.05, 0.1) is 35.7 Å². The molecule has 0 saturated carbocycles. The molecule has 2 heterocycles. The van der Waals surface area contributed by atoms with Gasteiger partial charge in [-0.15, -0.1) is 11.3 Å². The number of aromatic nitrogens is 2. The fourth-order valence-electron chi connectivity index (χ4n) is 1.58. The fourth-order valence-corrected chi connectivity index (χ4v) is 2.41. The number of pyridine rings is 1. The van der Waals surface area contributed by atoms with Crippen LogP contribution in [0, 0.1) is 0 Å². The van der Waals surface area contributed by atoms with Crippen LogP contribution in [0.5, 0.6) is 0 Å². The smallest absolute Gasteiger partial charge is 0.0954 e. The quantitative estimate of drug-likeness (QED) is 0.871. The Bertz CT molecular complexity index is 510. The lowest BCUT2D eigenvalue weighted by molar-refractivity contribution is 0.282. The van der Waals surface area contributed by atoms with Crippen molar-refractivity contribution in [2.24, 2.45) is 0 Å². The van der Waals surface area contributed by atoms with Crippen LogP contribution in [-0.2, 0) is 13.2 Å². The van der Waals surface area contributed by atoms with E-state index in [4.69, 9.17) is 0 Å². The number of anilines is 1. The highest BCUT2D eigenvalue weighted by molar-refractivity contribution is 7.09. The van der Waals surface area contributed by atoms with Gasteiger partial charge in [-0.1, -0.05) is 13.8 Å². The van der Waals surface area contributed by atoms with Gasteiger partial charge in [-0.25, -0.2) is 4.98 Å². The highest BCUT2D eigenvalue weighted by Gasteiger charge is 2.06. The Hall–Kier alpha value is -1.46. The summed E-state index contributed by atoms with van der Waals surface area (Å²) >= 11 is 1.69. The molecule has 2 aromatic heterocycles. The molecule has 0 amide bonds. The zero-order chi connectivity index (χ0) is 13.0. The standard InChI is InChI=1S/C13H17N3OS/c1-9(2)13-16-11(8-18-13)5-15-12-6-14-4-3-10(12)7-17/h3-4,6,8-9,15,17H,5,7H2,1-2H3. The second kappa shape index (κ2) is 5.93. The zero-order valence-electron chi connectivity index (χ0n) is 10.6. The fraction of sp³-hybridized carbons (Fsp3) is 0.385. The van der Waals surface area contributed by atoms with Gasteiger partial charge in [0.2, 0.25) is 0 Å². The lowest BCUT2D eigenvalue weighted by Gasteiger charge is -2.08. The van der Waals surface area contributed by atoms with Gasteiger partial charge in [0.15, 0.2) is 0 Å². The molecule has 0 spiro atoms. The van der Waals surface area contributed by atoms with E-state index in [1.54, 1.807) is 23.7 Å². The second-order valence-corrected chi connectivity index (χ2v) is 5.27. The summed E-state index contributed by atoms with van der Waals surface area (Å²) in [6.45, 7) is 4.95. The average Bonchev–Trinajstić information content (AvgIpc) is 2.85. The molecule has 18 heavy (non-hydrogen) atoms. The van der Waals surface area contributed by atoms with E-state index in [-0.39, 0.29) is 6.61 Å². The summed E-state index contributed by atoms with van der Waals surface area (Å²) in [6, 6.07) is 1.81. The van der Waals surface area contributed by atoms with Crippen molar-refractivity contribution >= 4 is 17.0 Å². The van der Waals surface area contributed by atoms with E-state index in [2.05, 4.69) is 34.5 Å². The third kappa shape index (κ3) is 3.05. The van der Waals surface area contributed by atoms with Gasteiger partial charge in [-0.05, 0) is 6.07 Å².